The molecule has 7 heteroatoms. The number of rotatable bonds is 5. The van der Waals surface area contributed by atoms with Gasteiger partial charge in [-0.3, -0.25) is 9.96 Å². The Morgan fingerprint density at radius 2 is 2.27 bits per heavy atom. The summed E-state index contributed by atoms with van der Waals surface area (Å²) >= 11 is -2.51. The molecular weight excluding hydrogens is 348 g/mol. The maximum absolute atomic E-state index is 13.4. The second-order valence-electron chi connectivity index (χ2n) is 4.83. The van der Waals surface area contributed by atoms with E-state index in [0.29, 0.717) is 9.54 Å². The van der Waals surface area contributed by atoms with Crippen molar-refractivity contribution in [1.29, 1.82) is 0 Å². The summed E-state index contributed by atoms with van der Waals surface area (Å²) in [4.78, 5) is 8.04. The van der Waals surface area contributed by atoms with E-state index in [1.807, 2.05) is 0 Å². The smallest absolute Gasteiger partial charge is 0.322 e. The van der Waals surface area contributed by atoms with Gasteiger partial charge in [0.15, 0.2) is 7.16 Å². The fourth-order valence-corrected chi connectivity index (χ4v) is 3.02. The molecule has 0 aliphatic carbocycles. The number of imidazole rings is 1. The van der Waals surface area contributed by atoms with Crippen LogP contribution >= 0.6 is 0 Å². The van der Waals surface area contributed by atoms with E-state index in [1.54, 1.807) is 0 Å². The number of fused-ring (bicyclic) bond motifs is 1. The van der Waals surface area contributed by atoms with Crippen molar-refractivity contribution in [3.05, 3.63) is 66.0 Å². The molecule has 0 aliphatic heterocycles. The first-order chi connectivity index (χ1) is 19.2. The highest BCUT2D eigenvalue weighted by atomic mass is 32.2. The third kappa shape index (κ3) is 3.07. The van der Waals surface area contributed by atoms with Crippen LogP contribution in [0.15, 0.2) is 59.9 Å². The molecule has 0 spiro atoms. The molecule has 3 heterocycles. The van der Waals surface area contributed by atoms with Crippen LogP contribution in [0, 0.1) is 6.85 Å². The normalized spacial score (nSPS) is 22.2. The van der Waals surface area contributed by atoms with Crippen molar-refractivity contribution < 1.29 is 31.3 Å². The molecule has 26 heavy (non-hydrogen) atoms. The molecule has 6 nitrogen and oxygen atoms in total. The van der Waals surface area contributed by atoms with Crippen LogP contribution in [0.25, 0.3) is 16.7 Å². The highest BCUT2D eigenvalue weighted by Gasteiger charge is 2.20. The number of H-pyrrole nitrogens is 1. The Morgan fingerprint density at radius 1 is 1.38 bits per heavy atom. The van der Waals surface area contributed by atoms with Gasteiger partial charge in [0.05, 0.1) is 40.2 Å². The average molecular weight is 383 g/mol. The number of pyridine rings is 1. The lowest BCUT2D eigenvalue weighted by molar-refractivity contribution is 0.410. The Kier molecular flexibility index (Phi) is 1.70. The minimum atomic E-state index is -3.21. The van der Waals surface area contributed by atoms with E-state index in [0.717, 1.165) is 0 Å². The second kappa shape index (κ2) is 6.86. The van der Waals surface area contributed by atoms with Gasteiger partial charge in [-0.1, -0.05) is 0 Å². The molecule has 0 fully saturated rings. The van der Waals surface area contributed by atoms with Gasteiger partial charge in [-0.2, -0.15) is 4.98 Å². The number of hydrogen-bond acceptors (Lipinski definition) is 4. The van der Waals surface area contributed by atoms with E-state index in [4.69, 9.17) is 26.7 Å². The number of aromatic amines is 1. The summed E-state index contributed by atoms with van der Waals surface area (Å²) in [5.74, 6) is -1.87. The van der Waals surface area contributed by atoms with E-state index >= 15 is 0 Å². The minimum absolute atomic E-state index is 0.369. The van der Waals surface area contributed by atoms with Crippen molar-refractivity contribution in [2.45, 2.75) is 17.8 Å². The van der Waals surface area contributed by atoms with Crippen LogP contribution in [0.1, 0.15) is 31.8 Å². The third-order valence-corrected chi connectivity index (χ3v) is 4.37. The Hall–Kier alpha value is -2.77. The quantitative estimate of drug-likeness (QED) is 0.537. The van der Waals surface area contributed by atoms with Crippen LogP contribution < -0.4 is 4.74 Å². The average Bonchev–Trinajstić information content (AvgIpc) is 3.30. The number of aromatic nitrogens is 4. The van der Waals surface area contributed by atoms with Gasteiger partial charge in [0.25, 0.3) is 0 Å². The van der Waals surface area contributed by atoms with Crippen LogP contribution in [0.2, 0.25) is 1.41 Å². The molecule has 1 atom stereocenters. The largest absolute Gasteiger partial charge is 0.609 e. The summed E-state index contributed by atoms with van der Waals surface area (Å²) in [6.07, 6.45) is -2.30. The SMILES string of the molecule is [2H]c1nc(C[S+]([O-])c2nc3c([2H])c(-n4c([2H])c([2H])c([2H])c4[2H])c([2H])c([2H])c3n2[2H])c(C([2H])([2H])[2H])c(OC([2H])([2H])[2H])c1[2H]. The molecule has 1 N–H and O–H groups in total. The molecule has 0 aliphatic rings. The molecule has 0 radical (unpaired) electrons. The predicted molar refractivity (Wildman–Crippen MR) is 101 cm³/mol. The zero-order chi connectivity index (χ0) is 31.8. The number of methoxy groups -OCH3 is 1. The summed E-state index contributed by atoms with van der Waals surface area (Å²) in [7, 11) is -3.21. The first-order valence-corrected chi connectivity index (χ1v) is 8.25. The van der Waals surface area contributed by atoms with Crippen LogP contribution in [0.4, 0.5) is 0 Å². The molecule has 0 amide bonds. The lowest BCUT2D eigenvalue weighted by Gasteiger charge is -2.10. The van der Waals surface area contributed by atoms with Gasteiger partial charge in [0, 0.05) is 45.1 Å². The van der Waals surface area contributed by atoms with Gasteiger partial charge in [0.2, 0.25) is 0 Å². The predicted octanol–water partition coefficient (Wildman–Crippen LogP) is 3.37. The summed E-state index contributed by atoms with van der Waals surface area (Å²) in [5, 5.41) is -0.659. The van der Waals surface area contributed by atoms with Gasteiger partial charge >= 0.3 is 5.16 Å². The lowest BCUT2D eigenvalue weighted by Crippen LogP contribution is -2.10. The molecule has 0 saturated heterocycles. The van der Waals surface area contributed by atoms with E-state index in [1.165, 1.54) is 0 Å². The number of nitrogens with one attached hydrogen (secondary N) is 1. The number of hydrogen-bond donors (Lipinski definition) is 1. The van der Waals surface area contributed by atoms with Crippen LogP contribution in [0.3, 0.4) is 0 Å². The Balaban J connectivity index is 1.91. The number of ether oxygens (including phenoxy) is 1. The van der Waals surface area contributed by atoms with Crippen molar-refractivity contribution in [2.75, 3.05) is 7.04 Å². The summed E-state index contributed by atoms with van der Waals surface area (Å²) in [5.41, 5.74) is -3.00. The monoisotopic (exact) mass is 382 g/mol. The Labute approximate surface area is 176 Å². The molecule has 3 aromatic heterocycles. The summed E-state index contributed by atoms with van der Waals surface area (Å²) < 4.78 is 145. The maximum Gasteiger partial charge on any atom is 0.322 e. The third-order valence-electron chi connectivity index (χ3n) is 3.25. The first kappa shape index (κ1) is 6.44. The van der Waals surface area contributed by atoms with Crippen LogP contribution in [-0.4, -0.2) is 31.1 Å². The molecular formula is C19H18N4O2S. The molecule has 1 unspecified atom stereocenters. The van der Waals surface area contributed by atoms with Crippen molar-refractivity contribution in [2.24, 2.45) is 0 Å². The molecule has 1 aromatic carbocycles. The molecule has 0 saturated carbocycles. The Bertz CT molecular complexity index is 1720. The van der Waals surface area contributed by atoms with E-state index in [9.17, 15) is 4.55 Å². The summed E-state index contributed by atoms with van der Waals surface area (Å²) in [6.45, 7) is -3.15. The zero-order valence-electron chi connectivity index (χ0n) is 28.7. The van der Waals surface area contributed by atoms with E-state index in [2.05, 4.69) is 9.97 Å². The van der Waals surface area contributed by atoms with E-state index in [-0.39, 0.29) is 0 Å². The summed E-state index contributed by atoms with van der Waals surface area (Å²) in [6, 6.07) is -4.43. The molecule has 0 bridgehead atoms. The standard InChI is InChI=1S/C19H18N4O2S/c1-13-17(20-8-7-18(13)25-2)12-26(24)19-21-15-6-5-14(11-16(15)22-19)23-9-3-4-10-23/h3-11H,12H2,1-2H3,(H,21,22)/i1D3,2D3,3D,4D,5D,6D,7D,8D,9D,10D,11D/hD. The first-order valence-electron chi connectivity index (χ1n) is 14.9. The zero-order valence-corrected chi connectivity index (χ0v) is 13.5. The fourth-order valence-electron chi connectivity index (χ4n) is 2.04. The molecule has 4 rings (SSSR count). The van der Waals surface area contributed by atoms with Gasteiger partial charge in [-0.25, -0.2) is 0 Å². The number of nitrogens with zero attached hydrogens (tertiary/aromatic N) is 3. The van der Waals surface area contributed by atoms with Crippen molar-refractivity contribution in [1.82, 2.24) is 19.5 Å². The minimum Gasteiger partial charge on any atom is -0.609 e. The van der Waals surface area contributed by atoms with Gasteiger partial charge in [-0.05, 0) is 43.1 Å². The molecule has 132 valence electrons. The van der Waals surface area contributed by atoms with Gasteiger partial charge < -0.3 is 13.9 Å². The lowest BCUT2D eigenvalue weighted by atomic mass is 10.2. The van der Waals surface area contributed by atoms with Crippen molar-refractivity contribution in [3.63, 3.8) is 0 Å². The topological polar surface area (TPSA) is 78.8 Å². The van der Waals surface area contributed by atoms with Crippen LogP contribution in [0.5, 0.6) is 5.75 Å². The highest BCUT2D eigenvalue weighted by molar-refractivity contribution is 7.90. The fraction of sp³-hybridized carbons (Fsp3) is 0.158. The van der Waals surface area contributed by atoms with Gasteiger partial charge in [0.1, 0.15) is 5.75 Å². The van der Waals surface area contributed by atoms with E-state index < -0.39 is 124 Å². The van der Waals surface area contributed by atoms with Crippen molar-refractivity contribution >= 4 is 22.2 Å². The highest BCUT2D eigenvalue weighted by Crippen LogP contribution is 2.24. The maximum atomic E-state index is 13.4. The Morgan fingerprint density at radius 3 is 3.08 bits per heavy atom. The van der Waals surface area contributed by atoms with Gasteiger partial charge in [-0.15, -0.1) is 0 Å². The van der Waals surface area contributed by atoms with Crippen molar-refractivity contribution in [3.8, 4) is 11.4 Å². The second-order valence-corrected chi connectivity index (χ2v) is 6.17. The number of benzene rings is 1. The molecule has 4 aromatic rings. The van der Waals surface area contributed by atoms with Crippen LogP contribution in [-0.2, 0) is 16.9 Å².